The van der Waals surface area contributed by atoms with Gasteiger partial charge in [0.05, 0.1) is 5.56 Å². The minimum Gasteiger partial charge on any atom is -0.166 e. The third-order valence-corrected chi connectivity index (χ3v) is 3.21. The van der Waals surface area contributed by atoms with Gasteiger partial charge in [-0.05, 0) is 24.3 Å². The molecule has 0 aliphatic heterocycles. The first-order chi connectivity index (χ1) is 6.95. The molecular formula is C11H13F3S. The Labute approximate surface area is 91.9 Å². The lowest BCUT2D eigenvalue weighted by Crippen LogP contribution is -2.05. The summed E-state index contributed by atoms with van der Waals surface area (Å²) in [5, 5.41) is 0.109. The first-order valence-electron chi connectivity index (χ1n) is 4.74. The highest BCUT2D eigenvalue weighted by molar-refractivity contribution is 7.99. The Morgan fingerprint density at radius 2 is 2.00 bits per heavy atom. The molecule has 0 nitrogen and oxygen atoms in total. The average molecular weight is 234 g/mol. The lowest BCUT2D eigenvalue weighted by Gasteiger charge is -2.13. The van der Waals surface area contributed by atoms with Gasteiger partial charge in [-0.15, -0.1) is 0 Å². The van der Waals surface area contributed by atoms with Gasteiger partial charge in [0.1, 0.15) is 0 Å². The van der Waals surface area contributed by atoms with Crippen LogP contribution in [0.25, 0.3) is 0 Å². The normalized spacial score (nSPS) is 13.9. The fourth-order valence-electron chi connectivity index (χ4n) is 1.31. The van der Waals surface area contributed by atoms with Gasteiger partial charge in [0.25, 0.3) is 0 Å². The molecule has 1 unspecified atom stereocenters. The van der Waals surface area contributed by atoms with Gasteiger partial charge in [0.2, 0.25) is 0 Å². The molecule has 15 heavy (non-hydrogen) atoms. The maximum atomic E-state index is 12.4. The van der Waals surface area contributed by atoms with Gasteiger partial charge in [-0.2, -0.15) is 24.9 Å². The third-order valence-electron chi connectivity index (χ3n) is 2.10. The molecule has 0 bridgehead atoms. The number of alkyl halides is 3. The van der Waals surface area contributed by atoms with Crippen molar-refractivity contribution in [1.29, 1.82) is 0 Å². The number of halogens is 3. The Hall–Kier alpha value is -0.640. The quantitative estimate of drug-likeness (QED) is 0.741. The molecule has 84 valence electrons. The monoisotopic (exact) mass is 234 g/mol. The summed E-state index contributed by atoms with van der Waals surface area (Å²) in [6.45, 7) is 3.92. The van der Waals surface area contributed by atoms with E-state index in [0.29, 0.717) is 0 Å². The van der Waals surface area contributed by atoms with Crippen molar-refractivity contribution in [3.8, 4) is 0 Å². The second-order valence-electron chi connectivity index (χ2n) is 3.22. The van der Waals surface area contributed by atoms with E-state index in [2.05, 4.69) is 0 Å². The Balaban J connectivity index is 2.92. The maximum absolute atomic E-state index is 12.4. The van der Waals surface area contributed by atoms with E-state index >= 15 is 0 Å². The van der Waals surface area contributed by atoms with E-state index in [4.69, 9.17) is 0 Å². The van der Waals surface area contributed by atoms with Crippen LogP contribution in [0.1, 0.15) is 30.2 Å². The SMILES string of the molecule is CCSC(C)c1cccc(C(F)(F)F)c1. The molecule has 0 saturated carbocycles. The van der Waals surface area contributed by atoms with Crippen molar-refractivity contribution >= 4 is 11.8 Å². The first kappa shape index (κ1) is 12.4. The van der Waals surface area contributed by atoms with Crippen LogP contribution in [-0.4, -0.2) is 5.75 Å². The van der Waals surface area contributed by atoms with Crippen LogP contribution in [0.2, 0.25) is 0 Å². The van der Waals surface area contributed by atoms with Gasteiger partial charge >= 0.3 is 6.18 Å². The number of hydrogen-bond donors (Lipinski definition) is 0. The molecule has 0 amide bonds. The second kappa shape index (κ2) is 4.92. The van der Waals surface area contributed by atoms with Crippen LogP contribution < -0.4 is 0 Å². The fraction of sp³-hybridized carbons (Fsp3) is 0.455. The molecule has 1 atom stereocenters. The van der Waals surface area contributed by atoms with Gasteiger partial charge in [-0.25, -0.2) is 0 Å². The third kappa shape index (κ3) is 3.45. The van der Waals surface area contributed by atoms with Crippen molar-refractivity contribution in [3.05, 3.63) is 35.4 Å². The summed E-state index contributed by atoms with van der Waals surface area (Å²) in [6, 6.07) is 5.54. The highest BCUT2D eigenvalue weighted by Crippen LogP contribution is 2.33. The van der Waals surface area contributed by atoms with Gasteiger partial charge < -0.3 is 0 Å². The van der Waals surface area contributed by atoms with Crippen molar-refractivity contribution in [2.45, 2.75) is 25.3 Å². The number of rotatable bonds is 3. The van der Waals surface area contributed by atoms with E-state index in [-0.39, 0.29) is 5.25 Å². The molecule has 4 heteroatoms. The highest BCUT2D eigenvalue weighted by Gasteiger charge is 2.30. The molecule has 0 spiro atoms. The minimum absolute atomic E-state index is 0.109. The van der Waals surface area contributed by atoms with E-state index in [1.807, 2.05) is 13.8 Å². The van der Waals surface area contributed by atoms with Crippen LogP contribution >= 0.6 is 11.8 Å². The van der Waals surface area contributed by atoms with Gasteiger partial charge in [0, 0.05) is 5.25 Å². The molecule has 1 aromatic rings. The molecule has 1 aromatic carbocycles. The van der Waals surface area contributed by atoms with Crippen LogP contribution in [0.15, 0.2) is 24.3 Å². The van der Waals surface area contributed by atoms with E-state index in [9.17, 15) is 13.2 Å². The Morgan fingerprint density at radius 1 is 1.33 bits per heavy atom. The second-order valence-corrected chi connectivity index (χ2v) is 4.84. The molecule has 0 fully saturated rings. The smallest absolute Gasteiger partial charge is 0.166 e. The van der Waals surface area contributed by atoms with Crippen molar-refractivity contribution < 1.29 is 13.2 Å². The standard InChI is InChI=1S/C11H13F3S/c1-3-15-8(2)9-5-4-6-10(7-9)11(12,13)14/h4-8H,3H2,1-2H3. The number of thioether (sulfide) groups is 1. The van der Waals surface area contributed by atoms with Crippen LogP contribution in [0, 0.1) is 0 Å². The summed E-state index contributed by atoms with van der Waals surface area (Å²) in [7, 11) is 0. The zero-order valence-corrected chi connectivity index (χ0v) is 9.45. The van der Waals surface area contributed by atoms with Crippen molar-refractivity contribution in [2.24, 2.45) is 0 Å². The predicted molar refractivity (Wildman–Crippen MR) is 58.0 cm³/mol. The van der Waals surface area contributed by atoms with Crippen LogP contribution in [0.3, 0.4) is 0 Å². The summed E-state index contributed by atoms with van der Waals surface area (Å²) in [6.07, 6.45) is -4.24. The Bertz CT molecular complexity index is 320. The fourth-order valence-corrected chi connectivity index (χ4v) is 2.15. The molecule has 1 rings (SSSR count). The van der Waals surface area contributed by atoms with Crippen molar-refractivity contribution in [3.63, 3.8) is 0 Å². The Morgan fingerprint density at radius 3 is 2.53 bits per heavy atom. The summed E-state index contributed by atoms with van der Waals surface area (Å²) < 4.78 is 37.2. The zero-order valence-electron chi connectivity index (χ0n) is 8.64. The molecule has 0 saturated heterocycles. The minimum atomic E-state index is -4.24. The van der Waals surface area contributed by atoms with Crippen molar-refractivity contribution in [1.82, 2.24) is 0 Å². The summed E-state index contributed by atoms with van der Waals surface area (Å²) in [5.74, 6) is 0.900. The maximum Gasteiger partial charge on any atom is 0.416 e. The molecule has 0 radical (unpaired) electrons. The molecule has 0 aliphatic carbocycles. The molecule has 0 N–H and O–H groups in total. The summed E-state index contributed by atoms with van der Waals surface area (Å²) >= 11 is 1.64. The van der Waals surface area contributed by atoms with Gasteiger partial charge in [-0.1, -0.05) is 25.1 Å². The molecule has 0 heterocycles. The van der Waals surface area contributed by atoms with E-state index in [0.717, 1.165) is 17.4 Å². The Kier molecular flexibility index (Phi) is 4.08. The van der Waals surface area contributed by atoms with Crippen LogP contribution in [0.5, 0.6) is 0 Å². The van der Waals surface area contributed by atoms with E-state index in [1.54, 1.807) is 17.8 Å². The first-order valence-corrected chi connectivity index (χ1v) is 5.78. The average Bonchev–Trinajstić information content (AvgIpc) is 2.17. The van der Waals surface area contributed by atoms with Gasteiger partial charge in [0.15, 0.2) is 0 Å². The number of benzene rings is 1. The van der Waals surface area contributed by atoms with E-state index < -0.39 is 11.7 Å². The lowest BCUT2D eigenvalue weighted by atomic mass is 10.1. The largest absolute Gasteiger partial charge is 0.416 e. The highest BCUT2D eigenvalue weighted by atomic mass is 32.2. The molecule has 0 aliphatic rings. The van der Waals surface area contributed by atoms with E-state index in [1.165, 1.54) is 12.1 Å². The lowest BCUT2D eigenvalue weighted by molar-refractivity contribution is -0.137. The summed E-state index contributed by atoms with van der Waals surface area (Å²) in [5.41, 5.74) is 0.167. The van der Waals surface area contributed by atoms with Crippen LogP contribution in [0.4, 0.5) is 13.2 Å². The molecular weight excluding hydrogens is 221 g/mol. The summed E-state index contributed by atoms with van der Waals surface area (Å²) in [4.78, 5) is 0. The predicted octanol–water partition coefficient (Wildman–Crippen LogP) is 4.52. The number of hydrogen-bond acceptors (Lipinski definition) is 1. The van der Waals surface area contributed by atoms with Crippen molar-refractivity contribution in [2.75, 3.05) is 5.75 Å². The van der Waals surface area contributed by atoms with Gasteiger partial charge in [-0.3, -0.25) is 0 Å². The zero-order chi connectivity index (χ0) is 11.5. The van der Waals surface area contributed by atoms with Crippen LogP contribution in [-0.2, 0) is 6.18 Å². The topological polar surface area (TPSA) is 0 Å². The molecule has 0 aromatic heterocycles.